The molecule has 91 heavy (non-hydrogen) atoms. The first-order valence-corrected chi connectivity index (χ1v) is 40.3. The zero-order valence-corrected chi connectivity index (χ0v) is 61.1. The van der Waals surface area contributed by atoms with E-state index in [1.807, 2.05) is 0 Å². The average Bonchev–Trinajstić information content (AvgIpc) is 3.65. The third kappa shape index (κ3) is 66.5. The number of phosphoric acid groups is 2. The van der Waals surface area contributed by atoms with Crippen LogP contribution in [-0.2, 0) is 65.4 Å². The van der Waals surface area contributed by atoms with Crippen molar-refractivity contribution in [3.63, 3.8) is 0 Å². The van der Waals surface area contributed by atoms with Gasteiger partial charge in [-0.2, -0.15) is 0 Å². The van der Waals surface area contributed by atoms with Crippen molar-refractivity contribution >= 4 is 39.5 Å². The number of phosphoric ester groups is 2. The Balaban J connectivity index is 5.21. The summed E-state index contributed by atoms with van der Waals surface area (Å²) in [6.45, 7) is 11.8. The minimum absolute atomic E-state index is 0.105. The van der Waals surface area contributed by atoms with Gasteiger partial charge in [-0.15, -0.1) is 0 Å². The predicted molar refractivity (Wildman–Crippen MR) is 368 cm³/mol. The minimum Gasteiger partial charge on any atom is -0.462 e. The van der Waals surface area contributed by atoms with E-state index in [2.05, 4.69) is 48.5 Å². The normalized spacial score (nSPS) is 14.2. The molecule has 0 aromatic heterocycles. The predicted octanol–water partition coefficient (Wildman–Crippen LogP) is 20.6. The minimum atomic E-state index is -4.95. The monoisotopic (exact) mass is 1340 g/mol. The highest BCUT2D eigenvalue weighted by molar-refractivity contribution is 7.47. The molecule has 0 spiro atoms. The summed E-state index contributed by atoms with van der Waals surface area (Å²) in [5.74, 6) is 0.191. The molecule has 0 amide bonds. The van der Waals surface area contributed by atoms with E-state index in [-0.39, 0.29) is 25.7 Å². The lowest BCUT2D eigenvalue weighted by Crippen LogP contribution is -2.30. The summed E-state index contributed by atoms with van der Waals surface area (Å²) in [4.78, 5) is 72.5. The molecule has 0 radical (unpaired) electrons. The molecule has 0 rings (SSSR count). The number of carbonyl (C=O) groups is 4. The Morgan fingerprint density at radius 2 is 0.505 bits per heavy atom. The van der Waals surface area contributed by atoms with Gasteiger partial charge in [-0.05, 0) is 43.4 Å². The molecule has 17 nitrogen and oxygen atoms in total. The van der Waals surface area contributed by atoms with Crippen molar-refractivity contribution in [1.29, 1.82) is 0 Å². The molecule has 0 saturated heterocycles. The molecular formula is C72H140O17P2. The summed E-state index contributed by atoms with van der Waals surface area (Å²) in [5.41, 5.74) is 0. The lowest BCUT2D eigenvalue weighted by Gasteiger charge is -2.21. The van der Waals surface area contributed by atoms with Gasteiger partial charge >= 0.3 is 39.5 Å². The van der Waals surface area contributed by atoms with Crippen LogP contribution in [0.15, 0.2) is 0 Å². The summed E-state index contributed by atoms with van der Waals surface area (Å²) in [5, 5.41) is 10.6. The van der Waals surface area contributed by atoms with Gasteiger partial charge in [-0.1, -0.05) is 312 Å². The number of carbonyl (C=O) groups excluding carboxylic acids is 4. The van der Waals surface area contributed by atoms with Crippen molar-refractivity contribution in [2.45, 2.75) is 381 Å². The summed E-state index contributed by atoms with van der Waals surface area (Å²) in [6, 6.07) is 0. The van der Waals surface area contributed by atoms with E-state index in [1.54, 1.807) is 0 Å². The van der Waals surface area contributed by atoms with Gasteiger partial charge in [-0.25, -0.2) is 9.13 Å². The van der Waals surface area contributed by atoms with Gasteiger partial charge in [0.1, 0.15) is 19.3 Å². The summed E-state index contributed by atoms with van der Waals surface area (Å²) in [6.07, 6.45) is 47.3. The summed E-state index contributed by atoms with van der Waals surface area (Å²) < 4.78 is 68.3. The molecule has 0 aromatic rings. The molecule has 0 aliphatic heterocycles. The molecule has 0 aliphatic rings. The fraction of sp³-hybridized carbons (Fsp3) is 0.944. The number of rotatable bonds is 70. The number of ether oxygens (including phenoxy) is 4. The van der Waals surface area contributed by atoms with Gasteiger partial charge in [0.15, 0.2) is 12.2 Å². The second-order valence-electron chi connectivity index (χ2n) is 27.4. The Hall–Kier alpha value is -1.94. The van der Waals surface area contributed by atoms with Gasteiger partial charge in [0.2, 0.25) is 0 Å². The second-order valence-corrected chi connectivity index (χ2v) is 30.3. The van der Waals surface area contributed by atoms with Crippen molar-refractivity contribution in [1.82, 2.24) is 0 Å². The van der Waals surface area contributed by atoms with Crippen LogP contribution in [0.3, 0.4) is 0 Å². The van der Waals surface area contributed by atoms with Crippen molar-refractivity contribution in [2.75, 3.05) is 39.6 Å². The highest BCUT2D eigenvalue weighted by atomic mass is 31.2. The number of hydrogen-bond acceptors (Lipinski definition) is 15. The molecule has 0 bridgehead atoms. The maximum atomic E-state index is 13.0. The van der Waals surface area contributed by atoms with Crippen LogP contribution < -0.4 is 0 Å². The SMILES string of the molecule is CCCCCCCCCC(=O)OC[C@H](COP(=O)(O)OC[C@H](O)COP(=O)(O)OC[C@@H](COC(=O)CCCCCCCCCCCCCC(C)C)OC(=O)CCCCCCCCCCCCCCCCC(C)C)OC(=O)CCCCCCCCCCCCC(C)C. The first-order valence-electron chi connectivity index (χ1n) is 37.3. The van der Waals surface area contributed by atoms with Gasteiger partial charge in [0.05, 0.1) is 26.4 Å². The maximum Gasteiger partial charge on any atom is 0.472 e. The molecule has 2 unspecified atom stereocenters. The van der Waals surface area contributed by atoms with Crippen LogP contribution in [0.4, 0.5) is 0 Å². The van der Waals surface area contributed by atoms with Crippen molar-refractivity contribution in [3.05, 3.63) is 0 Å². The summed E-state index contributed by atoms with van der Waals surface area (Å²) in [7, 11) is -9.90. The fourth-order valence-electron chi connectivity index (χ4n) is 10.9. The van der Waals surface area contributed by atoms with Crippen molar-refractivity contribution in [3.8, 4) is 0 Å². The van der Waals surface area contributed by atoms with Crippen LogP contribution in [0, 0.1) is 17.8 Å². The van der Waals surface area contributed by atoms with E-state index in [0.717, 1.165) is 120 Å². The topological polar surface area (TPSA) is 237 Å². The largest absolute Gasteiger partial charge is 0.472 e. The number of esters is 4. The molecule has 0 heterocycles. The Morgan fingerprint density at radius 1 is 0.297 bits per heavy atom. The van der Waals surface area contributed by atoms with E-state index in [9.17, 15) is 43.2 Å². The lowest BCUT2D eigenvalue weighted by molar-refractivity contribution is -0.161. The first kappa shape index (κ1) is 89.1. The van der Waals surface area contributed by atoms with E-state index >= 15 is 0 Å². The molecule has 19 heteroatoms. The number of aliphatic hydroxyl groups is 1. The Morgan fingerprint density at radius 3 is 0.747 bits per heavy atom. The van der Waals surface area contributed by atoms with Gasteiger partial charge < -0.3 is 33.8 Å². The third-order valence-corrected chi connectivity index (χ3v) is 18.5. The van der Waals surface area contributed by atoms with Crippen LogP contribution in [-0.4, -0.2) is 96.7 Å². The van der Waals surface area contributed by atoms with Crippen LogP contribution in [0.25, 0.3) is 0 Å². The van der Waals surface area contributed by atoms with Gasteiger partial charge in [0.25, 0.3) is 0 Å². The van der Waals surface area contributed by atoms with E-state index in [1.165, 1.54) is 161 Å². The van der Waals surface area contributed by atoms with E-state index in [0.29, 0.717) is 25.7 Å². The molecule has 3 N–H and O–H groups in total. The summed E-state index contributed by atoms with van der Waals surface area (Å²) >= 11 is 0. The van der Waals surface area contributed by atoms with Gasteiger partial charge in [0, 0.05) is 25.7 Å². The third-order valence-electron chi connectivity index (χ3n) is 16.6. The standard InChI is InChI=1S/C72H140O17P2/c1-8-9-10-11-29-39-46-53-69(74)82-59-67(88-72(77)56-49-42-35-28-22-21-25-32-38-45-52-65(6)7)61-86-90(78,79)84-57-66(73)58-85-91(80,81)87-62-68(60-83-70(75)54-47-40-33-26-20-16-18-24-31-37-44-51-64(4)5)89-71(76)55-48-41-34-27-19-15-13-12-14-17-23-30-36-43-50-63(2)3/h63-68,73H,8-62H2,1-7H3,(H,78,79)(H,80,81)/t66-,67+,68+/m0/s1. The zero-order valence-electron chi connectivity index (χ0n) is 59.3. The molecule has 0 aromatic carbocycles. The second kappa shape index (κ2) is 62.8. The smallest absolute Gasteiger partial charge is 0.462 e. The maximum absolute atomic E-state index is 13.0. The number of unbranched alkanes of at least 4 members (excludes halogenated alkanes) is 38. The molecule has 0 saturated carbocycles. The quantitative estimate of drug-likeness (QED) is 0.0222. The number of hydrogen-bond donors (Lipinski definition) is 3. The first-order chi connectivity index (χ1) is 43.7. The Kier molecular flexibility index (Phi) is 61.5. The van der Waals surface area contributed by atoms with Crippen molar-refractivity contribution in [2.24, 2.45) is 17.8 Å². The molecule has 0 aliphatic carbocycles. The zero-order chi connectivity index (χ0) is 67.3. The highest BCUT2D eigenvalue weighted by Crippen LogP contribution is 2.45. The Labute approximate surface area is 556 Å². The van der Waals surface area contributed by atoms with Crippen LogP contribution in [0.2, 0.25) is 0 Å². The number of aliphatic hydroxyl groups excluding tert-OH is 1. The van der Waals surface area contributed by atoms with Crippen LogP contribution >= 0.6 is 15.6 Å². The molecule has 5 atom stereocenters. The molecule has 540 valence electrons. The Bertz CT molecular complexity index is 1780. The van der Waals surface area contributed by atoms with Crippen LogP contribution in [0.5, 0.6) is 0 Å². The lowest BCUT2D eigenvalue weighted by atomic mass is 10.0. The molecule has 0 fully saturated rings. The van der Waals surface area contributed by atoms with E-state index < -0.39 is 97.5 Å². The molecular weight excluding hydrogens is 1200 g/mol. The fourth-order valence-corrected chi connectivity index (χ4v) is 12.5. The van der Waals surface area contributed by atoms with E-state index in [4.69, 9.17) is 37.0 Å². The average molecular weight is 1340 g/mol. The van der Waals surface area contributed by atoms with Gasteiger partial charge in [-0.3, -0.25) is 37.3 Å². The van der Waals surface area contributed by atoms with Crippen molar-refractivity contribution < 1.29 is 80.2 Å². The van der Waals surface area contributed by atoms with Crippen LogP contribution in [0.1, 0.15) is 363 Å². The highest BCUT2D eigenvalue weighted by Gasteiger charge is 2.30.